The summed E-state index contributed by atoms with van der Waals surface area (Å²) in [5.74, 6) is 0.752. The summed E-state index contributed by atoms with van der Waals surface area (Å²) in [6.45, 7) is 4.84. The second-order valence-corrected chi connectivity index (χ2v) is 5.00. The lowest BCUT2D eigenvalue weighted by Crippen LogP contribution is -2.25. The number of aromatic nitrogens is 1. The number of aromatic amines is 1. The summed E-state index contributed by atoms with van der Waals surface area (Å²) in [6, 6.07) is 5.80. The van der Waals surface area contributed by atoms with Crippen LogP contribution in [0.1, 0.15) is 42.2 Å². The lowest BCUT2D eigenvalue weighted by molar-refractivity contribution is 0.0948. The van der Waals surface area contributed by atoms with Gasteiger partial charge in [-0.05, 0) is 31.0 Å². The summed E-state index contributed by atoms with van der Waals surface area (Å²) in [7, 11) is 1.64. The maximum absolute atomic E-state index is 12.2. The Kier molecular flexibility index (Phi) is 4.66. The fourth-order valence-electron chi connectivity index (χ4n) is 2.34. The number of rotatable bonds is 6. The van der Waals surface area contributed by atoms with Crippen LogP contribution in [-0.4, -0.2) is 24.5 Å². The molecule has 1 aromatic carbocycles. The number of hydrogen-bond donors (Lipinski definition) is 2. The maximum atomic E-state index is 12.2. The molecule has 0 bridgehead atoms. The van der Waals surface area contributed by atoms with Crippen molar-refractivity contribution in [2.24, 2.45) is 0 Å². The molecule has 4 heteroatoms. The Morgan fingerprint density at radius 2 is 2.15 bits per heavy atom. The molecule has 0 aliphatic heterocycles. The molecule has 1 aromatic heterocycles. The van der Waals surface area contributed by atoms with Gasteiger partial charge in [0.1, 0.15) is 11.4 Å². The number of amides is 1. The van der Waals surface area contributed by atoms with Crippen LogP contribution in [-0.2, 0) is 0 Å². The monoisotopic (exact) mass is 274 g/mol. The lowest BCUT2D eigenvalue weighted by Gasteiger charge is -2.03. The van der Waals surface area contributed by atoms with Crippen molar-refractivity contribution in [3.8, 4) is 5.75 Å². The number of methoxy groups -OCH3 is 1. The number of aryl methyl sites for hydroxylation is 1. The number of fused-ring (bicyclic) bond motifs is 1. The molecule has 0 spiro atoms. The largest absolute Gasteiger partial charge is 0.497 e. The lowest BCUT2D eigenvalue weighted by atomic mass is 10.1. The van der Waals surface area contributed by atoms with Crippen molar-refractivity contribution >= 4 is 16.8 Å². The second kappa shape index (κ2) is 6.46. The molecule has 108 valence electrons. The first-order chi connectivity index (χ1) is 9.67. The summed E-state index contributed by atoms with van der Waals surface area (Å²) in [5, 5.41) is 4.02. The van der Waals surface area contributed by atoms with Gasteiger partial charge in [0.15, 0.2) is 0 Å². The van der Waals surface area contributed by atoms with Crippen LogP contribution in [0.25, 0.3) is 10.9 Å². The van der Waals surface area contributed by atoms with E-state index in [1.54, 1.807) is 7.11 Å². The molecule has 20 heavy (non-hydrogen) atoms. The van der Waals surface area contributed by atoms with Crippen LogP contribution in [0, 0.1) is 6.92 Å². The third kappa shape index (κ3) is 2.95. The molecule has 1 heterocycles. The zero-order chi connectivity index (χ0) is 14.5. The Bertz CT molecular complexity index is 602. The van der Waals surface area contributed by atoms with Gasteiger partial charge in [-0.2, -0.15) is 0 Å². The van der Waals surface area contributed by atoms with Crippen LogP contribution < -0.4 is 10.1 Å². The number of carbonyl (C=O) groups is 1. The zero-order valence-electron chi connectivity index (χ0n) is 12.4. The average molecular weight is 274 g/mol. The van der Waals surface area contributed by atoms with E-state index in [4.69, 9.17) is 4.74 Å². The quantitative estimate of drug-likeness (QED) is 0.793. The summed E-state index contributed by atoms with van der Waals surface area (Å²) in [4.78, 5) is 15.4. The number of hydrogen-bond acceptors (Lipinski definition) is 2. The van der Waals surface area contributed by atoms with Gasteiger partial charge in [0.25, 0.3) is 5.91 Å². The maximum Gasteiger partial charge on any atom is 0.268 e. The highest BCUT2D eigenvalue weighted by Crippen LogP contribution is 2.25. The van der Waals surface area contributed by atoms with Crippen LogP contribution in [0.5, 0.6) is 5.75 Å². The van der Waals surface area contributed by atoms with Crippen molar-refractivity contribution in [2.45, 2.75) is 33.1 Å². The number of carbonyl (C=O) groups excluding carboxylic acids is 1. The Hall–Kier alpha value is -1.97. The molecule has 0 saturated heterocycles. The van der Waals surface area contributed by atoms with Gasteiger partial charge in [0.2, 0.25) is 0 Å². The van der Waals surface area contributed by atoms with E-state index in [1.807, 2.05) is 25.1 Å². The molecule has 0 atom stereocenters. The van der Waals surface area contributed by atoms with Crippen LogP contribution in [0.4, 0.5) is 0 Å². The molecule has 0 radical (unpaired) electrons. The van der Waals surface area contributed by atoms with Crippen molar-refractivity contribution in [1.29, 1.82) is 0 Å². The van der Waals surface area contributed by atoms with Crippen molar-refractivity contribution in [2.75, 3.05) is 13.7 Å². The summed E-state index contributed by atoms with van der Waals surface area (Å²) in [6.07, 6.45) is 3.32. The highest BCUT2D eigenvalue weighted by molar-refractivity contribution is 6.01. The minimum Gasteiger partial charge on any atom is -0.497 e. The van der Waals surface area contributed by atoms with Gasteiger partial charge in [-0.25, -0.2) is 0 Å². The topological polar surface area (TPSA) is 54.1 Å². The molecular formula is C16H22N2O2. The number of nitrogens with one attached hydrogen (secondary N) is 2. The van der Waals surface area contributed by atoms with E-state index >= 15 is 0 Å². The van der Waals surface area contributed by atoms with Gasteiger partial charge in [-0.1, -0.05) is 19.8 Å². The molecule has 0 saturated carbocycles. The second-order valence-electron chi connectivity index (χ2n) is 5.00. The molecule has 1 amide bonds. The summed E-state index contributed by atoms with van der Waals surface area (Å²) < 4.78 is 5.20. The number of benzene rings is 1. The van der Waals surface area contributed by atoms with Gasteiger partial charge in [-0.3, -0.25) is 4.79 Å². The predicted molar refractivity (Wildman–Crippen MR) is 81.4 cm³/mol. The minimum atomic E-state index is -0.0335. The number of H-pyrrole nitrogens is 1. The fraction of sp³-hybridized carbons (Fsp3) is 0.438. The van der Waals surface area contributed by atoms with E-state index < -0.39 is 0 Å². The van der Waals surface area contributed by atoms with Gasteiger partial charge in [-0.15, -0.1) is 0 Å². The van der Waals surface area contributed by atoms with Crippen LogP contribution in [0.2, 0.25) is 0 Å². The SMILES string of the molecule is CCCCCNC(=O)c1[nH]c2cc(OC)ccc2c1C. The normalized spacial score (nSPS) is 10.8. The van der Waals surface area contributed by atoms with E-state index in [9.17, 15) is 4.79 Å². The third-order valence-corrected chi connectivity index (χ3v) is 3.56. The third-order valence-electron chi connectivity index (χ3n) is 3.56. The smallest absolute Gasteiger partial charge is 0.268 e. The molecule has 2 aromatic rings. The molecule has 2 N–H and O–H groups in total. The first-order valence-corrected chi connectivity index (χ1v) is 7.12. The Balaban J connectivity index is 2.17. The van der Waals surface area contributed by atoms with Crippen LogP contribution >= 0.6 is 0 Å². The average Bonchev–Trinajstić information content (AvgIpc) is 2.80. The van der Waals surface area contributed by atoms with Crippen molar-refractivity contribution in [1.82, 2.24) is 10.3 Å². The molecule has 0 aliphatic rings. The van der Waals surface area contributed by atoms with E-state index in [2.05, 4.69) is 17.2 Å². The Morgan fingerprint density at radius 3 is 2.85 bits per heavy atom. The van der Waals surface area contributed by atoms with Gasteiger partial charge in [0, 0.05) is 23.5 Å². The number of ether oxygens (including phenoxy) is 1. The van der Waals surface area contributed by atoms with Gasteiger partial charge in [0.05, 0.1) is 7.11 Å². The predicted octanol–water partition coefficient (Wildman–Crippen LogP) is 3.40. The molecule has 4 nitrogen and oxygen atoms in total. The van der Waals surface area contributed by atoms with Crippen molar-refractivity contribution in [3.63, 3.8) is 0 Å². The fourth-order valence-corrected chi connectivity index (χ4v) is 2.34. The summed E-state index contributed by atoms with van der Waals surface area (Å²) >= 11 is 0. The molecule has 0 unspecified atom stereocenters. The van der Waals surface area contributed by atoms with Gasteiger partial charge >= 0.3 is 0 Å². The standard InChI is InChI=1S/C16H22N2O2/c1-4-5-6-9-17-16(19)15-11(2)13-8-7-12(20-3)10-14(13)18-15/h7-8,10,18H,4-6,9H2,1-3H3,(H,17,19). The van der Waals surface area contributed by atoms with Gasteiger partial charge < -0.3 is 15.0 Å². The molecule has 0 fully saturated rings. The molecular weight excluding hydrogens is 252 g/mol. The van der Waals surface area contributed by atoms with Crippen molar-refractivity contribution < 1.29 is 9.53 Å². The van der Waals surface area contributed by atoms with E-state index in [-0.39, 0.29) is 5.91 Å². The van der Waals surface area contributed by atoms with E-state index in [0.717, 1.165) is 48.0 Å². The highest BCUT2D eigenvalue weighted by Gasteiger charge is 2.14. The first-order valence-electron chi connectivity index (χ1n) is 7.12. The van der Waals surface area contributed by atoms with Crippen LogP contribution in [0.3, 0.4) is 0 Å². The first kappa shape index (κ1) is 14.4. The van der Waals surface area contributed by atoms with Crippen LogP contribution in [0.15, 0.2) is 18.2 Å². The van der Waals surface area contributed by atoms with E-state index in [1.165, 1.54) is 0 Å². The van der Waals surface area contributed by atoms with Crippen molar-refractivity contribution in [3.05, 3.63) is 29.5 Å². The Labute approximate surface area is 119 Å². The highest BCUT2D eigenvalue weighted by atomic mass is 16.5. The number of unbranched alkanes of at least 4 members (excludes halogenated alkanes) is 2. The summed E-state index contributed by atoms with van der Waals surface area (Å²) in [5.41, 5.74) is 2.56. The zero-order valence-corrected chi connectivity index (χ0v) is 12.4. The Morgan fingerprint density at radius 1 is 1.35 bits per heavy atom. The minimum absolute atomic E-state index is 0.0335. The molecule has 0 aliphatic carbocycles. The molecule has 2 rings (SSSR count). The van der Waals surface area contributed by atoms with E-state index in [0.29, 0.717) is 5.69 Å².